The van der Waals surface area contributed by atoms with Gasteiger partial charge in [-0.05, 0) is 23.5 Å². The molecule has 1 aliphatic rings. The van der Waals surface area contributed by atoms with E-state index in [0.717, 1.165) is 17.4 Å². The molecule has 8 heteroatoms. The first kappa shape index (κ1) is 20.7. The van der Waals surface area contributed by atoms with Crippen molar-refractivity contribution in [2.75, 3.05) is 11.4 Å². The van der Waals surface area contributed by atoms with Crippen molar-refractivity contribution in [1.29, 1.82) is 0 Å². The molecular weight excluding hydrogens is 359 g/mol. The van der Waals surface area contributed by atoms with Crippen LogP contribution >= 0.6 is 0 Å². The lowest BCUT2D eigenvalue weighted by molar-refractivity contribution is -0.141. The van der Waals surface area contributed by atoms with Crippen LogP contribution in [0.5, 0.6) is 0 Å². The summed E-state index contributed by atoms with van der Waals surface area (Å²) in [5.41, 5.74) is -0.800. The number of benzene rings is 1. The minimum absolute atomic E-state index is 0.124. The van der Waals surface area contributed by atoms with Gasteiger partial charge < -0.3 is 10.0 Å². The van der Waals surface area contributed by atoms with Gasteiger partial charge in [0.05, 0.1) is 0 Å². The highest BCUT2D eigenvalue weighted by atomic mass is 19.4. The van der Waals surface area contributed by atoms with Crippen molar-refractivity contribution in [2.24, 2.45) is 0 Å². The fourth-order valence-corrected chi connectivity index (χ4v) is 3.01. The molecule has 27 heavy (non-hydrogen) atoms. The molecule has 2 heterocycles. The molecule has 0 saturated heterocycles. The number of carboxylic acid groups (broad SMARTS) is 1. The first-order chi connectivity index (χ1) is 12.6. The van der Waals surface area contributed by atoms with Gasteiger partial charge in [0.15, 0.2) is 5.69 Å². The molecule has 146 valence electrons. The van der Waals surface area contributed by atoms with Crippen molar-refractivity contribution in [3.8, 4) is 0 Å². The fraction of sp³-hybridized carbons (Fsp3) is 0.421. The number of nitrogens with zero attached hydrogens (tertiary/aromatic N) is 3. The smallest absolute Gasteiger partial charge is 0.434 e. The Morgan fingerprint density at radius 3 is 2.44 bits per heavy atom. The van der Waals surface area contributed by atoms with Gasteiger partial charge in [0.1, 0.15) is 5.56 Å². The molecule has 3 rings (SSSR count). The van der Waals surface area contributed by atoms with Crippen LogP contribution in [0.4, 0.5) is 24.8 Å². The molecule has 0 aliphatic carbocycles. The van der Waals surface area contributed by atoms with Crippen LogP contribution in [0.3, 0.4) is 0 Å². The number of para-hydroxylation sites is 1. The topological polar surface area (TPSA) is 66.3 Å². The maximum atomic E-state index is 13.2. The van der Waals surface area contributed by atoms with Gasteiger partial charge in [-0.2, -0.15) is 13.2 Å². The summed E-state index contributed by atoms with van der Waals surface area (Å²) in [4.78, 5) is 20.1. The maximum absolute atomic E-state index is 13.2. The molecule has 0 atom stereocenters. The van der Waals surface area contributed by atoms with Crippen molar-refractivity contribution in [2.45, 2.75) is 45.7 Å². The monoisotopic (exact) mass is 381 g/mol. The summed E-state index contributed by atoms with van der Waals surface area (Å²) in [5, 5.41) is 8.96. The van der Waals surface area contributed by atoms with E-state index < -0.39 is 23.4 Å². The minimum atomic E-state index is -4.88. The molecule has 2 aromatic rings. The highest BCUT2D eigenvalue weighted by Crippen LogP contribution is 2.42. The third-order valence-electron chi connectivity index (χ3n) is 4.40. The zero-order valence-electron chi connectivity index (χ0n) is 15.6. The van der Waals surface area contributed by atoms with Gasteiger partial charge >= 0.3 is 12.1 Å². The van der Waals surface area contributed by atoms with Crippen molar-refractivity contribution in [3.05, 3.63) is 47.3 Å². The number of alkyl halides is 3. The zero-order chi connectivity index (χ0) is 20.4. The number of carbonyl (C=O) groups is 1. The highest BCUT2D eigenvalue weighted by Gasteiger charge is 2.39. The van der Waals surface area contributed by atoms with E-state index in [-0.39, 0.29) is 11.4 Å². The number of hydrogen-bond acceptors (Lipinski definition) is 4. The van der Waals surface area contributed by atoms with E-state index >= 15 is 0 Å². The average Bonchev–Trinajstić information content (AvgIpc) is 2.62. The molecular formula is C19H22F3N3O2. The van der Waals surface area contributed by atoms with E-state index in [0.29, 0.717) is 13.0 Å². The Labute approximate surface area is 155 Å². The summed E-state index contributed by atoms with van der Waals surface area (Å²) in [5.74, 6) is -1.86. The summed E-state index contributed by atoms with van der Waals surface area (Å²) in [6.45, 7) is 8.57. The second kappa shape index (κ2) is 7.54. The van der Waals surface area contributed by atoms with Crippen LogP contribution in [0.2, 0.25) is 0 Å². The van der Waals surface area contributed by atoms with Crippen LogP contribution in [0.15, 0.2) is 30.5 Å². The second-order valence-corrected chi connectivity index (χ2v) is 6.54. The van der Waals surface area contributed by atoms with Gasteiger partial charge in [0.25, 0.3) is 0 Å². The van der Waals surface area contributed by atoms with E-state index in [2.05, 4.69) is 23.8 Å². The summed E-state index contributed by atoms with van der Waals surface area (Å²) in [7, 11) is 0. The number of aromatic nitrogens is 2. The van der Waals surface area contributed by atoms with Gasteiger partial charge in [-0.1, -0.05) is 45.9 Å². The van der Waals surface area contributed by atoms with E-state index in [1.54, 1.807) is 17.0 Å². The Morgan fingerprint density at radius 2 is 1.85 bits per heavy atom. The molecule has 1 aromatic heterocycles. The number of aromatic carboxylic acids is 1. The Balaban J connectivity index is 0.00000126. The van der Waals surface area contributed by atoms with Gasteiger partial charge in [-0.25, -0.2) is 14.8 Å². The summed E-state index contributed by atoms with van der Waals surface area (Å²) in [6, 6.07) is 7.40. The minimum Gasteiger partial charge on any atom is -0.478 e. The van der Waals surface area contributed by atoms with Crippen LogP contribution in [0.25, 0.3) is 0 Å². The molecule has 0 unspecified atom stereocenters. The van der Waals surface area contributed by atoms with Gasteiger partial charge in [0.2, 0.25) is 5.95 Å². The van der Waals surface area contributed by atoms with Gasteiger partial charge in [0, 0.05) is 18.4 Å². The number of hydrogen-bond donors (Lipinski definition) is 1. The van der Waals surface area contributed by atoms with Gasteiger partial charge in [-0.15, -0.1) is 0 Å². The molecule has 0 amide bonds. The zero-order valence-corrected chi connectivity index (χ0v) is 15.6. The van der Waals surface area contributed by atoms with Crippen LogP contribution in [0, 0.1) is 0 Å². The Hall–Kier alpha value is -2.64. The molecule has 1 N–H and O–H groups in total. The molecule has 0 radical (unpaired) electrons. The first-order valence-corrected chi connectivity index (χ1v) is 8.66. The number of halogens is 3. The summed E-state index contributed by atoms with van der Waals surface area (Å²) in [6.07, 6.45) is -3.45. The molecule has 0 saturated carbocycles. The molecule has 0 bridgehead atoms. The molecule has 1 aliphatic heterocycles. The van der Waals surface area contributed by atoms with Crippen LogP contribution in [-0.2, 0) is 11.6 Å². The SMILES string of the molecule is CC.CC1(C)CCN(c2ncc(C(=O)O)c(C(F)(F)F)n2)c2ccccc21. The van der Waals surface area contributed by atoms with E-state index in [4.69, 9.17) is 5.11 Å². The quantitative estimate of drug-likeness (QED) is 0.789. The third kappa shape index (κ3) is 4.04. The lowest BCUT2D eigenvalue weighted by atomic mass is 9.78. The normalized spacial score (nSPS) is 15.4. The highest BCUT2D eigenvalue weighted by molar-refractivity contribution is 5.89. The molecule has 5 nitrogen and oxygen atoms in total. The molecule has 0 fully saturated rings. The first-order valence-electron chi connectivity index (χ1n) is 8.66. The van der Waals surface area contributed by atoms with E-state index in [1.165, 1.54) is 0 Å². The maximum Gasteiger partial charge on any atom is 0.434 e. The van der Waals surface area contributed by atoms with E-state index in [1.807, 2.05) is 26.0 Å². The largest absolute Gasteiger partial charge is 0.478 e. The summed E-state index contributed by atoms with van der Waals surface area (Å²) >= 11 is 0. The molecule has 0 spiro atoms. The Morgan fingerprint density at radius 1 is 1.22 bits per heavy atom. The summed E-state index contributed by atoms with van der Waals surface area (Å²) < 4.78 is 39.6. The number of fused-ring (bicyclic) bond motifs is 1. The number of anilines is 2. The lowest BCUT2D eigenvalue weighted by Crippen LogP contribution is -2.35. The van der Waals surface area contributed by atoms with Crippen LogP contribution < -0.4 is 4.90 Å². The Bertz CT molecular complexity index is 835. The standard InChI is InChI=1S/C17H16F3N3O2.C2H6/c1-16(2)7-8-23(12-6-4-3-5-11(12)16)15-21-9-10(14(24)25)13(22-15)17(18,19)20;1-2/h3-6,9H,7-8H2,1-2H3,(H,24,25);1-2H3. The van der Waals surface area contributed by atoms with Gasteiger partial charge in [-0.3, -0.25) is 0 Å². The van der Waals surface area contributed by atoms with Crippen molar-refractivity contribution < 1.29 is 23.1 Å². The second-order valence-electron chi connectivity index (χ2n) is 6.54. The van der Waals surface area contributed by atoms with Crippen molar-refractivity contribution in [1.82, 2.24) is 9.97 Å². The molecule has 1 aromatic carbocycles. The van der Waals surface area contributed by atoms with Crippen LogP contribution in [-0.4, -0.2) is 27.6 Å². The lowest BCUT2D eigenvalue weighted by Gasteiger charge is -2.39. The average molecular weight is 381 g/mol. The van der Waals surface area contributed by atoms with Crippen molar-refractivity contribution in [3.63, 3.8) is 0 Å². The predicted molar refractivity (Wildman–Crippen MR) is 96.4 cm³/mol. The number of rotatable bonds is 2. The predicted octanol–water partition coefficient (Wildman–Crippen LogP) is 5.04. The number of carboxylic acids is 1. The Kier molecular flexibility index (Phi) is 5.77. The fourth-order valence-electron chi connectivity index (χ4n) is 3.01. The third-order valence-corrected chi connectivity index (χ3v) is 4.40. The van der Waals surface area contributed by atoms with E-state index in [9.17, 15) is 18.0 Å². The van der Waals surface area contributed by atoms with Crippen LogP contribution in [0.1, 0.15) is 55.7 Å². The van der Waals surface area contributed by atoms with Crippen molar-refractivity contribution >= 4 is 17.6 Å².